The van der Waals surface area contributed by atoms with Crippen LogP contribution in [0.1, 0.15) is 28.8 Å². The van der Waals surface area contributed by atoms with Crippen LogP contribution in [0.5, 0.6) is 5.75 Å². The number of esters is 1. The number of hydrogen-bond donors (Lipinski definition) is 1. The maximum absolute atomic E-state index is 12.1. The summed E-state index contributed by atoms with van der Waals surface area (Å²) >= 11 is 5.81. The number of halogens is 1. The van der Waals surface area contributed by atoms with Gasteiger partial charge in [0.25, 0.3) is 0 Å². The average molecular weight is 362 g/mol. The predicted octanol–water partition coefficient (Wildman–Crippen LogP) is 4.23. The molecule has 1 amide bonds. The molecule has 0 spiro atoms. The van der Waals surface area contributed by atoms with Gasteiger partial charge in [-0.15, -0.1) is 0 Å². The minimum Gasteiger partial charge on any atom is -0.494 e. The van der Waals surface area contributed by atoms with Gasteiger partial charge in [0.2, 0.25) is 5.91 Å². The summed E-state index contributed by atoms with van der Waals surface area (Å²) < 4.78 is 10.2. The molecule has 0 radical (unpaired) electrons. The monoisotopic (exact) mass is 361 g/mol. The second-order valence-electron chi connectivity index (χ2n) is 5.48. The van der Waals surface area contributed by atoms with Gasteiger partial charge in [-0.2, -0.15) is 0 Å². The van der Waals surface area contributed by atoms with Crippen molar-refractivity contribution in [1.29, 1.82) is 0 Å². The van der Waals surface area contributed by atoms with Crippen LogP contribution in [0.3, 0.4) is 0 Å². The highest BCUT2D eigenvalue weighted by Gasteiger charge is 2.10. The fourth-order valence-corrected chi connectivity index (χ4v) is 2.29. The molecule has 0 fully saturated rings. The van der Waals surface area contributed by atoms with Gasteiger partial charge in [0.15, 0.2) is 0 Å². The molecule has 2 rings (SSSR count). The standard InChI is InChI=1S/C19H20ClNO4/c1-13-5-6-14(19(23)24-2)12-17(13)21-18(22)4-3-11-25-16-9-7-15(20)8-10-16/h5-10,12H,3-4,11H2,1-2H3,(H,21,22). The minimum atomic E-state index is -0.438. The van der Waals surface area contributed by atoms with Gasteiger partial charge in [-0.25, -0.2) is 4.79 Å². The number of amides is 1. The summed E-state index contributed by atoms with van der Waals surface area (Å²) in [6.07, 6.45) is 0.889. The Hall–Kier alpha value is -2.53. The van der Waals surface area contributed by atoms with Crippen molar-refractivity contribution in [2.24, 2.45) is 0 Å². The Morgan fingerprint density at radius 3 is 2.52 bits per heavy atom. The molecule has 0 saturated carbocycles. The van der Waals surface area contributed by atoms with Gasteiger partial charge >= 0.3 is 5.97 Å². The van der Waals surface area contributed by atoms with Gasteiger partial charge in [-0.3, -0.25) is 4.79 Å². The van der Waals surface area contributed by atoms with E-state index in [1.165, 1.54) is 7.11 Å². The maximum Gasteiger partial charge on any atom is 0.337 e. The molecule has 0 aliphatic rings. The lowest BCUT2D eigenvalue weighted by molar-refractivity contribution is -0.116. The smallest absolute Gasteiger partial charge is 0.337 e. The second-order valence-corrected chi connectivity index (χ2v) is 5.91. The van der Waals surface area contributed by atoms with Crippen molar-refractivity contribution in [2.75, 3.05) is 19.0 Å². The molecule has 0 aliphatic carbocycles. The molecule has 132 valence electrons. The zero-order chi connectivity index (χ0) is 18.2. The summed E-state index contributed by atoms with van der Waals surface area (Å²) in [6.45, 7) is 2.29. The summed E-state index contributed by atoms with van der Waals surface area (Å²) in [5.41, 5.74) is 1.87. The Kier molecular flexibility index (Phi) is 6.83. The van der Waals surface area contributed by atoms with Crippen molar-refractivity contribution in [3.8, 4) is 5.75 Å². The molecule has 2 aromatic carbocycles. The first-order valence-corrected chi connectivity index (χ1v) is 8.24. The molecular weight excluding hydrogens is 342 g/mol. The van der Waals surface area contributed by atoms with E-state index in [0.717, 1.165) is 5.56 Å². The highest BCUT2D eigenvalue weighted by molar-refractivity contribution is 6.30. The van der Waals surface area contributed by atoms with Crippen molar-refractivity contribution < 1.29 is 19.1 Å². The summed E-state index contributed by atoms with van der Waals surface area (Å²) in [4.78, 5) is 23.6. The molecule has 6 heteroatoms. The van der Waals surface area contributed by atoms with Crippen molar-refractivity contribution in [2.45, 2.75) is 19.8 Å². The molecule has 2 aromatic rings. The summed E-state index contributed by atoms with van der Waals surface area (Å²) in [6, 6.07) is 12.1. The zero-order valence-corrected chi connectivity index (χ0v) is 14.9. The summed E-state index contributed by atoms with van der Waals surface area (Å²) in [5.74, 6) is 0.142. The van der Waals surface area contributed by atoms with Crippen molar-refractivity contribution in [3.63, 3.8) is 0 Å². The normalized spacial score (nSPS) is 10.2. The Balaban J connectivity index is 1.81. The fraction of sp³-hybridized carbons (Fsp3) is 0.263. The van der Waals surface area contributed by atoms with Gasteiger partial charge in [0.1, 0.15) is 5.75 Å². The molecule has 0 heterocycles. The number of carbonyl (C=O) groups is 2. The largest absolute Gasteiger partial charge is 0.494 e. The van der Waals surface area contributed by atoms with Gasteiger partial charge in [-0.05, 0) is 55.3 Å². The molecule has 25 heavy (non-hydrogen) atoms. The lowest BCUT2D eigenvalue weighted by Gasteiger charge is -2.10. The number of hydrogen-bond acceptors (Lipinski definition) is 4. The molecule has 0 unspecified atom stereocenters. The van der Waals surface area contributed by atoms with Gasteiger partial charge < -0.3 is 14.8 Å². The maximum atomic E-state index is 12.1. The van der Waals surface area contributed by atoms with E-state index in [9.17, 15) is 9.59 Å². The van der Waals surface area contributed by atoms with Crippen LogP contribution in [0.4, 0.5) is 5.69 Å². The van der Waals surface area contributed by atoms with Crippen molar-refractivity contribution in [3.05, 3.63) is 58.6 Å². The van der Waals surface area contributed by atoms with Gasteiger partial charge in [0, 0.05) is 17.1 Å². The third kappa shape index (κ3) is 5.80. The number of benzene rings is 2. The molecule has 1 N–H and O–H groups in total. The van der Waals surface area contributed by atoms with Crippen LogP contribution in [-0.4, -0.2) is 25.6 Å². The lowest BCUT2D eigenvalue weighted by atomic mass is 10.1. The van der Waals surface area contributed by atoms with Crippen LogP contribution in [0.25, 0.3) is 0 Å². The van der Waals surface area contributed by atoms with Crippen molar-refractivity contribution in [1.82, 2.24) is 0 Å². The number of anilines is 1. The van der Waals surface area contributed by atoms with Crippen LogP contribution < -0.4 is 10.1 Å². The molecule has 0 atom stereocenters. The van der Waals surface area contributed by atoms with E-state index in [-0.39, 0.29) is 5.91 Å². The number of aryl methyl sites for hydroxylation is 1. The first-order valence-electron chi connectivity index (χ1n) is 7.87. The number of nitrogens with one attached hydrogen (secondary N) is 1. The highest BCUT2D eigenvalue weighted by Crippen LogP contribution is 2.18. The van der Waals surface area contributed by atoms with E-state index in [0.29, 0.717) is 41.5 Å². The fourth-order valence-electron chi connectivity index (χ4n) is 2.17. The SMILES string of the molecule is COC(=O)c1ccc(C)c(NC(=O)CCCOc2ccc(Cl)cc2)c1. The third-order valence-corrected chi connectivity index (χ3v) is 3.82. The lowest BCUT2D eigenvalue weighted by Crippen LogP contribution is -2.14. The Morgan fingerprint density at radius 1 is 1.12 bits per heavy atom. The molecule has 0 aliphatic heterocycles. The number of ether oxygens (including phenoxy) is 2. The van der Waals surface area contributed by atoms with Gasteiger partial charge in [0.05, 0.1) is 19.3 Å². The molecule has 0 bridgehead atoms. The first kappa shape index (κ1) is 18.8. The van der Waals surface area contributed by atoms with Crippen LogP contribution in [0.2, 0.25) is 5.02 Å². The quantitative estimate of drug-likeness (QED) is 0.592. The second kappa shape index (κ2) is 9.08. The first-order chi connectivity index (χ1) is 12.0. The van der Waals surface area contributed by atoms with E-state index in [2.05, 4.69) is 10.1 Å². The summed E-state index contributed by atoms with van der Waals surface area (Å²) in [5, 5.41) is 3.47. The third-order valence-electron chi connectivity index (χ3n) is 3.56. The molecular formula is C19H20ClNO4. The molecule has 0 aromatic heterocycles. The number of methoxy groups -OCH3 is 1. The Morgan fingerprint density at radius 2 is 1.84 bits per heavy atom. The summed E-state index contributed by atoms with van der Waals surface area (Å²) in [7, 11) is 1.32. The van der Waals surface area contributed by atoms with E-state index in [1.807, 2.05) is 6.92 Å². The molecule has 0 saturated heterocycles. The predicted molar refractivity (Wildman–Crippen MR) is 97.3 cm³/mol. The van der Waals surface area contributed by atoms with E-state index < -0.39 is 5.97 Å². The van der Waals surface area contributed by atoms with Crippen LogP contribution >= 0.6 is 11.6 Å². The number of carbonyl (C=O) groups excluding carboxylic acids is 2. The van der Waals surface area contributed by atoms with Gasteiger partial charge in [-0.1, -0.05) is 17.7 Å². The zero-order valence-electron chi connectivity index (χ0n) is 14.2. The van der Waals surface area contributed by atoms with E-state index in [1.54, 1.807) is 42.5 Å². The van der Waals surface area contributed by atoms with Crippen LogP contribution in [0.15, 0.2) is 42.5 Å². The molecule has 5 nitrogen and oxygen atoms in total. The van der Waals surface area contributed by atoms with Crippen LogP contribution in [0, 0.1) is 6.92 Å². The minimum absolute atomic E-state index is 0.134. The number of rotatable bonds is 7. The Bertz CT molecular complexity index is 744. The topological polar surface area (TPSA) is 64.6 Å². The van der Waals surface area contributed by atoms with Crippen LogP contribution in [-0.2, 0) is 9.53 Å². The average Bonchev–Trinajstić information content (AvgIpc) is 2.61. The highest BCUT2D eigenvalue weighted by atomic mass is 35.5. The van der Waals surface area contributed by atoms with E-state index in [4.69, 9.17) is 16.3 Å². The van der Waals surface area contributed by atoms with E-state index >= 15 is 0 Å². The Labute approximate surface area is 151 Å². The van der Waals surface area contributed by atoms with Crippen molar-refractivity contribution >= 4 is 29.2 Å².